The number of hydrogen-bond acceptors (Lipinski definition) is 4. The van der Waals surface area contributed by atoms with Gasteiger partial charge in [0.1, 0.15) is 11.6 Å². The van der Waals surface area contributed by atoms with E-state index in [0.29, 0.717) is 23.6 Å². The zero-order chi connectivity index (χ0) is 18.0. The molecular weight excluding hydrogens is 325 g/mol. The van der Waals surface area contributed by atoms with E-state index in [1.807, 2.05) is 6.92 Å². The lowest BCUT2D eigenvalue weighted by molar-refractivity contribution is 0.101. The van der Waals surface area contributed by atoms with Gasteiger partial charge in [-0.2, -0.15) is 5.10 Å². The summed E-state index contributed by atoms with van der Waals surface area (Å²) in [7, 11) is 1.59. The first-order valence-electron chi connectivity index (χ1n) is 7.71. The van der Waals surface area contributed by atoms with Gasteiger partial charge in [-0.15, -0.1) is 0 Å². The predicted molar refractivity (Wildman–Crippen MR) is 92.5 cm³/mol. The SMILES string of the molecule is CCOc1ccccc1NC(=O)c1nn(C)c2ccc(F)cc2c1=O. The molecule has 0 spiro atoms. The highest BCUT2D eigenvalue weighted by atomic mass is 19.1. The van der Waals surface area contributed by atoms with Crippen LogP contribution in [0.3, 0.4) is 0 Å². The highest BCUT2D eigenvalue weighted by Crippen LogP contribution is 2.24. The summed E-state index contributed by atoms with van der Waals surface area (Å²) >= 11 is 0. The Morgan fingerprint density at radius 2 is 2.04 bits per heavy atom. The van der Waals surface area contributed by atoms with Crippen LogP contribution in [0.1, 0.15) is 17.4 Å². The quantitative estimate of drug-likeness (QED) is 0.792. The summed E-state index contributed by atoms with van der Waals surface area (Å²) in [4.78, 5) is 25.1. The summed E-state index contributed by atoms with van der Waals surface area (Å²) in [6, 6.07) is 10.7. The fraction of sp³-hybridized carbons (Fsp3) is 0.167. The Hall–Kier alpha value is -3.22. The number of ether oxygens (including phenoxy) is 1. The topological polar surface area (TPSA) is 73.2 Å². The van der Waals surface area contributed by atoms with Gasteiger partial charge in [0.05, 0.1) is 23.2 Å². The van der Waals surface area contributed by atoms with Crippen LogP contribution >= 0.6 is 0 Å². The average Bonchev–Trinajstić information content (AvgIpc) is 2.60. The van der Waals surface area contributed by atoms with Gasteiger partial charge in [-0.3, -0.25) is 14.3 Å². The van der Waals surface area contributed by atoms with Crippen LogP contribution in [0.25, 0.3) is 10.9 Å². The van der Waals surface area contributed by atoms with E-state index in [2.05, 4.69) is 10.4 Å². The molecule has 0 bridgehead atoms. The van der Waals surface area contributed by atoms with Crippen LogP contribution in [0.2, 0.25) is 0 Å². The Morgan fingerprint density at radius 3 is 2.80 bits per heavy atom. The second-order valence-corrected chi connectivity index (χ2v) is 5.35. The molecule has 1 heterocycles. The molecule has 0 fully saturated rings. The molecule has 0 atom stereocenters. The van der Waals surface area contributed by atoms with Crippen LogP contribution in [0, 0.1) is 5.82 Å². The summed E-state index contributed by atoms with van der Waals surface area (Å²) in [5.41, 5.74) is -0.0684. The molecule has 7 heteroatoms. The lowest BCUT2D eigenvalue weighted by atomic mass is 10.2. The Labute approximate surface area is 142 Å². The molecule has 0 aliphatic carbocycles. The van der Waals surface area contributed by atoms with Gasteiger partial charge in [0.25, 0.3) is 5.91 Å². The zero-order valence-electron chi connectivity index (χ0n) is 13.7. The van der Waals surface area contributed by atoms with Gasteiger partial charge in [-0.25, -0.2) is 4.39 Å². The number of amides is 1. The first-order valence-corrected chi connectivity index (χ1v) is 7.71. The van der Waals surface area contributed by atoms with E-state index in [1.165, 1.54) is 16.8 Å². The molecule has 0 aliphatic heterocycles. The first kappa shape index (κ1) is 16.6. The second kappa shape index (κ2) is 6.72. The van der Waals surface area contributed by atoms with Crippen LogP contribution in [0.4, 0.5) is 10.1 Å². The van der Waals surface area contributed by atoms with E-state index in [4.69, 9.17) is 4.74 Å². The molecule has 1 amide bonds. The highest BCUT2D eigenvalue weighted by Gasteiger charge is 2.18. The van der Waals surface area contributed by atoms with Crippen molar-refractivity contribution in [1.29, 1.82) is 0 Å². The molecule has 25 heavy (non-hydrogen) atoms. The molecule has 3 aromatic rings. The van der Waals surface area contributed by atoms with Crippen LogP contribution in [-0.4, -0.2) is 22.3 Å². The van der Waals surface area contributed by atoms with E-state index in [0.717, 1.165) is 6.07 Å². The maximum Gasteiger partial charge on any atom is 0.280 e. The highest BCUT2D eigenvalue weighted by molar-refractivity contribution is 6.05. The van der Waals surface area contributed by atoms with Crippen molar-refractivity contribution < 1.29 is 13.9 Å². The molecule has 6 nitrogen and oxygen atoms in total. The third-order valence-corrected chi connectivity index (χ3v) is 3.67. The molecular formula is C18H16FN3O3. The van der Waals surface area contributed by atoms with Crippen LogP contribution in [-0.2, 0) is 7.05 Å². The standard InChI is InChI=1S/C18H16FN3O3/c1-3-25-15-7-5-4-6-13(15)20-18(24)16-17(23)12-10-11(19)8-9-14(12)22(2)21-16/h4-10H,3H2,1-2H3,(H,20,24). The Kier molecular flexibility index (Phi) is 4.47. The molecule has 0 radical (unpaired) electrons. The number of para-hydroxylation sites is 2. The largest absolute Gasteiger partial charge is 0.492 e. The number of halogens is 1. The van der Waals surface area contributed by atoms with E-state index in [1.54, 1.807) is 31.3 Å². The number of carbonyl (C=O) groups is 1. The van der Waals surface area contributed by atoms with Crippen molar-refractivity contribution in [2.75, 3.05) is 11.9 Å². The molecule has 0 saturated heterocycles. The maximum absolute atomic E-state index is 13.5. The van der Waals surface area contributed by atoms with Gasteiger partial charge in [0.15, 0.2) is 5.69 Å². The summed E-state index contributed by atoms with van der Waals surface area (Å²) in [5.74, 6) is -0.746. The number of nitrogens with one attached hydrogen (secondary N) is 1. The molecule has 2 aromatic carbocycles. The number of aryl methyl sites for hydroxylation is 1. The minimum absolute atomic E-state index is 0.0979. The lowest BCUT2D eigenvalue weighted by Crippen LogP contribution is -2.26. The summed E-state index contributed by atoms with van der Waals surface area (Å²) in [5, 5.41) is 6.75. The van der Waals surface area contributed by atoms with Crippen molar-refractivity contribution >= 4 is 22.5 Å². The summed E-state index contributed by atoms with van der Waals surface area (Å²) < 4.78 is 20.3. The number of nitrogens with zero attached hydrogens (tertiary/aromatic N) is 2. The Bertz CT molecular complexity index is 1010. The number of aromatic nitrogens is 2. The van der Waals surface area contributed by atoms with Crippen molar-refractivity contribution in [3.05, 3.63) is 64.2 Å². The number of hydrogen-bond donors (Lipinski definition) is 1. The smallest absolute Gasteiger partial charge is 0.280 e. The van der Waals surface area contributed by atoms with Crippen molar-refractivity contribution in [3.63, 3.8) is 0 Å². The number of rotatable bonds is 4. The van der Waals surface area contributed by atoms with Gasteiger partial charge in [-0.1, -0.05) is 12.1 Å². The minimum atomic E-state index is -0.682. The van der Waals surface area contributed by atoms with Crippen molar-refractivity contribution in [2.24, 2.45) is 7.05 Å². The van der Waals surface area contributed by atoms with E-state index >= 15 is 0 Å². The Balaban J connectivity index is 2.04. The van der Waals surface area contributed by atoms with Crippen LogP contribution in [0.5, 0.6) is 5.75 Å². The van der Waals surface area contributed by atoms with E-state index in [-0.39, 0.29) is 11.1 Å². The third-order valence-electron chi connectivity index (χ3n) is 3.67. The first-order chi connectivity index (χ1) is 12.0. The average molecular weight is 341 g/mol. The molecule has 0 unspecified atom stereocenters. The van der Waals surface area contributed by atoms with Gasteiger partial charge in [0, 0.05) is 7.05 Å². The normalized spacial score (nSPS) is 10.7. The molecule has 3 rings (SSSR count). The molecule has 128 valence electrons. The van der Waals surface area contributed by atoms with Gasteiger partial charge in [-0.05, 0) is 37.3 Å². The number of carbonyl (C=O) groups excluding carboxylic acids is 1. The number of benzene rings is 2. The fourth-order valence-electron chi connectivity index (χ4n) is 2.53. The second-order valence-electron chi connectivity index (χ2n) is 5.35. The maximum atomic E-state index is 13.5. The lowest BCUT2D eigenvalue weighted by Gasteiger charge is -2.12. The van der Waals surface area contributed by atoms with Crippen LogP contribution in [0.15, 0.2) is 47.3 Å². The van der Waals surface area contributed by atoms with E-state index < -0.39 is 17.2 Å². The van der Waals surface area contributed by atoms with Crippen molar-refractivity contribution in [2.45, 2.75) is 6.92 Å². The summed E-state index contributed by atoms with van der Waals surface area (Å²) in [6.07, 6.45) is 0. The van der Waals surface area contributed by atoms with Gasteiger partial charge >= 0.3 is 0 Å². The number of anilines is 1. The molecule has 1 aromatic heterocycles. The van der Waals surface area contributed by atoms with E-state index in [9.17, 15) is 14.0 Å². The number of fused-ring (bicyclic) bond motifs is 1. The van der Waals surface area contributed by atoms with Crippen LogP contribution < -0.4 is 15.5 Å². The summed E-state index contributed by atoms with van der Waals surface area (Å²) in [6.45, 7) is 2.26. The van der Waals surface area contributed by atoms with Gasteiger partial charge < -0.3 is 10.1 Å². The predicted octanol–water partition coefficient (Wildman–Crippen LogP) is 2.72. The molecule has 1 N–H and O–H groups in total. The zero-order valence-corrected chi connectivity index (χ0v) is 13.7. The van der Waals surface area contributed by atoms with Crippen molar-refractivity contribution in [1.82, 2.24) is 9.78 Å². The Morgan fingerprint density at radius 1 is 1.28 bits per heavy atom. The molecule has 0 saturated carbocycles. The molecule has 0 aliphatic rings. The van der Waals surface area contributed by atoms with Crippen molar-refractivity contribution in [3.8, 4) is 5.75 Å². The fourth-order valence-corrected chi connectivity index (χ4v) is 2.53. The minimum Gasteiger partial charge on any atom is -0.492 e. The monoisotopic (exact) mass is 341 g/mol. The third kappa shape index (κ3) is 3.21. The van der Waals surface area contributed by atoms with Gasteiger partial charge in [0.2, 0.25) is 5.43 Å².